The van der Waals surface area contributed by atoms with E-state index in [0.29, 0.717) is 0 Å². The van der Waals surface area contributed by atoms with E-state index in [0.717, 1.165) is 0 Å². The summed E-state index contributed by atoms with van der Waals surface area (Å²) in [6.45, 7) is 0. The van der Waals surface area contributed by atoms with Crippen LogP contribution in [0.5, 0.6) is 0 Å². The van der Waals surface area contributed by atoms with E-state index in [1.165, 1.54) is 0 Å². The van der Waals surface area contributed by atoms with Gasteiger partial charge in [-0.15, -0.1) is 23.2 Å². The van der Waals surface area contributed by atoms with Gasteiger partial charge in [-0.25, -0.2) is 13.5 Å². The molecule has 1 nitrogen and oxygen atoms in total. The third-order valence-electron chi connectivity index (χ3n) is 2.09. The van der Waals surface area contributed by atoms with Gasteiger partial charge in [-0.2, -0.15) is 35.1 Å². The Morgan fingerprint density at radius 1 is 0.667 bits per heavy atom. The van der Waals surface area contributed by atoms with Gasteiger partial charge in [0.1, 0.15) is 0 Å². The highest BCUT2D eigenvalue weighted by atomic mass is 35.5. The van der Waals surface area contributed by atoms with Gasteiger partial charge >= 0.3 is 24.1 Å². The molecular formula is C8H6Cl2F10O. The first-order valence-electron chi connectivity index (χ1n) is 4.78. The summed E-state index contributed by atoms with van der Waals surface area (Å²) in [4.78, 5) is 0. The lowest BCUT2D eigenvalue weighted by molar-refractivity contribution is -0.475. The fraction of sp³-hybridized carbons (Fsp3) is 1.00. The van der Waals surface area contributed by atoms with Crippen LogP contribution in [0.15, 0.2) is 0 Å². The molecule has 2 unspecified atom stereocenters. The third kappa shape index (κ3) is 3.98. The Kier molecular flexibility index (Phi) is 6.48. The molecule has 0 amide bonds. The molecule has 0 N–H and O–H groups in total. The Hall–Kier alpha value is -0.160. The number of hydrogen-bond acceptors (Lipinski definition) is 1. The summed E-state index contributed by atoms with van der Waals surface area (Å²) in [6.07, 6.45) is -20.5. The second-order valence-corrected chi connectivity index (χ2v) is 4.24. The molecule has 0 saturated heterocycles. The minimum atomic E-state index is -6.39. The summed E-state index contributed by atoms with van der Waals surface area (Å²) in [5, 5.41) is 0. The number of ether oxygens (including phenoxy) is 1. The minimum absolute atomic E-state index is 1.76. The molecule has 128 valence electrons. The standard InChI is InChI=1S/C8H6Cl2F10O/c9-1-3(11)5(13,14)7(17,18)21-8(19,20)6(15,16)4(12)2-10/h3-4H,1-2H2. The number of rotatable bonds is 8. The van der Waals surface area contributed by atoms with Crippen molar-refractivity contribution >= 4 is 23.2 Å². The largest absolute Gasteiger partial charge is 0.427 e. The highest BCUT2D eigenvalue weighted by molar-refractivity contribution is 6.18. The maximum absolute atomic E-state index is 12.8. The molecule has 0 spiro atoms. The first-order chi connectivity index (χ1) is 9.17. The molecule has 0 aliphatic rings. The minimum Gasteiger partial charge on any atom is -0.245 e. The molecule has 0 aliphatic carbocycles. The molecule has 0 aromatic carbocycles. The molecule has 21 heavy (non-hydrogen) atoms. The SMILES string of the molecule is FC(CCl)C(F)(F)C(F)(F)OC(F)(F)C(F)(F)C(F)CCl. The predicted molar refractivity (Wildman–Crippen MR) is 52.1 cm³/mol. The van der Waals surface area contributed by atoms with Crippen molar-refractivity contribution in [3.05, 3.63) is 0 Å². The molecule has 0 aromatic heterocycles. The maximum atomic E-state index is 12.8. The molecular weight excluding hydrogens is 373 g/mol. The average molecular weight is 379 g/mol. The summed E-state index contributed by atoms with van der Waals surface area (Å²) in [5.41, 5.74) is 0. The summed E-state index contributed by atoms with van der Waals surface area (Å²) < 4.78 is 129. The lowest BCUT2D eigenvalue weighted by Crippen LogP contribution is -2.59. The number of halogens is 12. The monoisotopic (exact) mass is 378 g/mol. The summed E-state index contributed by atoms with van der Waals surface area (Å²) in [6, 6.07) is 0. The highest BCUT2D eigenvalue weighted by Crippen LogP contribution is 2.48. The topological polar surface area (TPSA) is 9.23 Å². The van der Waals surface area contributed by atoms with Crippen molar-refractivity contribution in [3.63, 3.8) is 0 Å². The van der Waals surface area contributed by atoms with E-state index in [4.69, 9.17) is 0 Å². The zero-order valence-corrected chi connectivity index (χ0v) is 11.0. The highest BCUT2D eigenvalue weighted by Gasteiger charge is 2.73. The smallest absolute Gasteiger partial charge is 0.245 e. The summed E-state index contributed by atoms with van der Waals surface area (Å²) >= 11 is 9.04. The molecule has 0 aliphatic heterocycles. The second kappa shape index (κ2) is 6.53. The van der Waals surface area contributed by atoms with Crippen molar-refractivity contribution in [1.82, 2.24) is 0 Å². The molecule has 0 aromatic rings. The molecule has 0 fully saturated rings. The fourth-order valence-electron chi connectivity index (χ4n) is 0.856. The first-order valence-corrected chi connectivity index (χ1v) is 5.85. The van der Waals surface area contributed by atoms with E-state index >= 15 is 0 Å². The van der Waals surface area contributed by atoms with Gasteiger partial charge in [0.25, 0.3) is 0 Å². The van der Waals surface area contributed by atoms with Gasteiger partial charge in [-0.3, -0.25) is 0 Å². The molecule has 0 rings (SSSR count). The van der Waals surface area contributed by atoms with E-state index in [-0.39, 0.29) is 0 Å². The van der Waals surface area contributed by atoms with E-state index in [1.807, 2.05) is 4.74 Å². The van der Waals surface area contributed by atoms with Gasteiger partial charge in [0.15, 0.2) is 12.3 Å². The van der Waals surface area contributed by atoms with Crippen LogP contribution in [0, 0.1) is 0 Å². The van der Waals surface area contributed by atoms with E-state index in [1.54, 1.807) is 0 Å². The van der Waals surface area contributed by atoms with Crippen LogP contribution in [0.3, 0.4) is 0 Å². The van der Waals surface area contributed by atoms with Gasteiger partial charge in [0, 0.05) is 0 Å². The molecule has 2 atom stereocenters. The van der Waals surface area contributed by atoms with Crippen LogP contribution in [-0.2, 0) is 4.74 Å². The molecule has 0 saturated carbocycles. The molecule has 0 bridgehead atoms. The van der Waals surface area contributed by atoms with Crippen molar-refractivity contribution in [3.8, 4) is 0 Å². The Balaban J connectivity index is 5.42. The van der Waals surface area contributed by atoms with Crippen molar-refractivity contribution in [2.24, 2.45) is 0 Å². The summed E-state index contributed by atoms with van der Waals surface area (Å²) in [5.74, 6) is -15.4. The zero-order valence-electron chi connectivity index (χ0n) is 9.51. The van der Waals surface area contributed by atoms with Gasteiger partial charge in [-0.05, 0) is 0 Å². The van der Waals surface area contributed by atoms with E-state index in [9.17, 15) is 43.9 Å². The molecule has 0 radical (unpaired) electrons. The summed E-state index contributed by atoms with van der Waals surface area (Å²) in [7, 11) is 0. The van der Waals surface area contributed by atoms with Crippen LogP contribution in [0.4, 0.5) is 43.9 Å². The Bertz CT molecular complexity index is 318. The predicted octanol–water partition coefficient (Wildman–Crippen LogP) is 4.61. The van der Waals surface area contributed by atoms with E-state index < -0.39 is 48.2 Å². The lowest BCUT2D eigenvalue weighted by atomic mass is 10.2. The first kappa shape index (κ1) is 20.8. The van der Waals surface area contributed by atoms with Crippen LogP contribution in [0.1, 0.15) is 0 Å². The van der Waals surface area contributed by atoms with Crippen LogP contribution in [0.25, 0.3) is 0 Å². The fourth-order valence-corrected chi connectivity index (χ4v) is 1.24. The Morgan fingerprint density at radius 2 is 0.905 bits per heavy atom. The van der Waals surface area contributed by atoms with Crippen molar-refractivity contribution in [2.45, 2.75) is 36.4 Å². The quantitative estimate of drug-likeness (QED) is 0.442. The van der Waals surface area contributed by atoms with Gasteiger partial charge in [0.05, 0.1) is 11.8 Å². The van der Waals surface area contributed by atoms with Crippen LogP contribution >= 0.6 is 23.2 Å². The van der Waals surface area contributed by atoms with E-state index in [2.05, 4.69) is 23.2 Å². The van der Waals surface area contributed by atoms with Crippen LogP contribution in [0.2, 0.25) is 0 Å². The van der Waals surface area contributed by atoms with Crippen molar-refractivity contribution < 1.29 is 48.6 Å². The Labute approximate surface area is 121 Å². The molecule has 0 heterocycles. The van der Waals surface area contributed by atoms with Crippen molar-refractivity contribution in [2.75, 3.05) is 11.8 Å². The van der Waals surface area contributed by atoms with Gasteiger partial charge < -0.3 is 0 Å². The number of alkyl halides is 12. The molecule has 13 heteroatoms. The maximum Gasteiger partial charge on any atom is 0.427 e. The van der Waals surface area contributed by atoms with Crippen LogP contribution in [-0.4, -0.2) is 48.2 Å². The lowest BCUT2D eigenvalue weighted by Gasteiger charge is -2.34. The third-order valence-corrected chi connectivity index (χ3v) is 2.63. The Morgan fingerprint density at radius 3 is 1.10 bits per heavy atom. The van der Waals surface area contributed by atoms with Gasteiger partial charge in [-0.1, -0.05) is 0 Å². The van der Waals surface area contributed by atoms with Gasteiger partial charge in [0.2, 0.25) is 0 Å². The normalized spacial score (nSPS) is 17.7. The van der Waals surface area contributed by atoms with Crippen molar-refractivity contribution in [1.29, 1.82) is 0 Å². The average Bonchev–Trinajstić information content (AvgIpc) is 2.34. The van der Waals surface area contributed by atoms with Crippen LogP contribution < -0.4 is 0 Å². The number of hydrogen-bond donors (Lipinski definition) is 0. The zero-order chi connectivity index (χ0) is 17.3. The second-order valence-electron chi connectivity index (χ2n) is 3.63.